The molecule has 0 saturated carbocycles. The molecule has 136 valence electrons. The lowest BCUT2D eigenvalue weighted by Crippen LogP contribution is -2.15. The van der Waals surface area contributed by atoms with Gasteiger partial charge in [-0.25, -0.2) is 8.42 Å². The average molecular weight is 459 g/mol. The Kier molecular flexibility index (Phi) is 5.22. The topological polar surface area (TPSA) is 94.3 Å². The lowest BCUT2D eigenvalue weighted by atomic mass is 10.2. The minimum atomic E-state index is -4.00. The number of para-hydroxylation sites is 1. The molecular weight excluding hydrogens is 446 g/mol. The van der Waals surface area contributed by atoms with Crippen LogP contribution >= 0.6 is 27.5 Å². The minimum absolute atomic E-state index is 0.101. The van der Waals surface area contributed by atoms with Gasteiger partial charge in [0.2, 0.25) is 11.8 Å². The Balaban J connectivity index is 2.08. The third-order valence-corrected chi connectivity index (χ3v) is 5.57. The Bertz CT molecular complexity index is 1070. The molecule has 26 heavy (non-hydrogen) atoms. The van der Waals surface area contributed by atoms with Crippen LogP contribution in [0.25, 0.3) is 11.5 Å². The maximum atomic E-state index is 12.9. The molecule has 0 fully saturated rings. The molecule has 0 amide bonds. The fraction of sp³-hybridized carbons (Fsp3) is 0.125. The number of nitrogens with one attached hydrogen (secondary N) is 1. The van der Waals surface area contributed by atoms with Crippen LogP contribution in [0.2, 0.25) is 5.02 Å². The maximum absolute atomic E-state index is 12.9. The van der Waals surface area contributed by atoms with Crippen molar-refractivity contribution in [1.82, 2.24) is 10.2 Å². The third kappa shape index (κ3) is 3.69. The molecule has 0 aliphatic rings. The number of benzene rings is 2. The van der Waals surface area contributed by atoms with E-state index in [-0.39, 0.29) is 27.2 Å². The van der Waals surface area contributed by atoms with E-state index in [2.05, 4.69) is 30.8 Å². The monoisotopic (exact) mass is 457 g/mol. The molecule has 0 atom stereocenters. The molecule has 3 rings (SSSR count). The van der Waals surface area contributed by atoms with E-state index in [4.69, 9.17) is 20.8 Å². The zero-order valence-corrected chi connectivity index (χ0v) is 16.8. The average Bonchev–Trinajstić information content (AvgIpc) is 3.00. The zero-order chi connectivity index (χ0) is 18.9. The van der Waals surface area contributed by atoms with Crippen LogP contribution in [0, 0.1) is 6.92 Å². The summed E-state index contributed by atoms with van der Waals surface area (Å²) in [5.74, 6) is 0.728. The van der Waals surface area contributed by atoms with Gasteiger partial charge < -0.3 is 9.15 Å². The van der Waals surface area contributed by atoms with Crippen molar-refractivity contribution in [1.29, 1.82) is 0 Å². The van der Waals surface area contributed by atoms with Gasteiger partial charge in [0.1, 0.15) is 4.90 Å². The fourth-order valence-electron chi connectivity index (χ4n) is 2.30. The maximum Gasteiger partial charge on any atom is 0.265 e. The Morgan fingerprint density at radius 1 is 1.23 bits per heavy atom. The number of aryl methyl sites for hydroxylation is 1. The van der Waals surface area contributed by atoms with Gasteiger partial charge in [0, 0.05) is 11.9 Å². The van der Waals surface area contributed by atoms with Crippen LogP contribution in [0.15, 0.2) is 50.2 Å². The molecule has 0 spiro atoms. The molecule has 10 heteroatoms. The van der Waals surface area contributed by atoms with Crippen LogP contribution in [0.1, 0.15) is 5.89 Å². The number of aromatic nitrogens is 2. The van der Waals surface area contributed by atoms with Gasteiger partial charge in [0.15, 0.2) is 5.75 Å². The number of nitrogens with zero attached hydrogens (tertiary/aromatic N) is 2. The van der Waals surface area contributed by atoms with Gasteiger partial charge in [-0.1, -0.05) is 23.7 Å². The van der Waals surface area contributed by atoms with Gasteiger partial charge in [-0.05, 0) is 40.2 Å². The first-order valence-corrected chi connectivity index (χ1v) is 9.92. The van der Waals surface area contributed by atoms with E-state index < -0.39 is 10.0 Å². The lowest BCUT2D eigenvalue weighted by molar-refractivity contribution is 0.400. The van der Waals surface area contributed by atoms with Gasteiger partial charge in [-0.15, -0.1) is 10.2 Å². The molecule has 0 aliphatic heterocycles. The number of halogens is 2. The highest BCUT2D eigenvalue weighted by atomic mass is 79.9. The fourth-order valence-corrected chi connectivity index (χ4v) is 4.76. The molecule has 1 aromatic heterocycles. The number of ether oxygens (including phenoxy) is 1. The van der Waals surface area contributed by atoms with Gasteiger partial charge in [0.05, 0.1) is 22.8 Å². The minimum Gasteiger partial charge on any atom is -0.494 e. The van der Waals surface area contributed by atoms with Crippen LogP contribution < -0.4 is 9.46 Å². The predicted octanol–water partition coefficient (Wildman–Crippen LogP) is 4.27. The van der Waals surface area contributed by atoms with Gasteiger partial charge in [0.25, 0.3) is 10.0 Å². The Hall–Kier alpha value is -2.10. The summed E-state index contributed by atoms with van der Waals surface area (Å²) in [6.07, 6.45) is 0. The Labute approximate surface area is 163 Å². The van der Waals surface area contributed by atoms with Crippen molar-refractivity contribution in [3.63, 3.8) is 0 Å². The first-order valence-electron chi connectivity index (χ1n) is 7.27. The molecule has 0 unspecified atom stereocenters. The summed E-state index contributed by atoms with van der Waals surface area (Å²) < 4.78 is 39.4. The molecule has 7 nitrogen and oxygen atoms in total. The highest BCUT2D eigenvalue weighted by Gasteiger charge is 2.24. The number of methoxy groups -OCH3 is 1. The van der Waals surface area contributed by atoms with E-state index in [0.717, 1.165) is 0 Å². The SMILES string of the molecule is COc1c(Br)cc(Cl)cc1S(=O)(=O)Nc1ccccc1-c1nnc(C)o1. The van der Waals surface area contributed by atoms with Crippen LogP contribution in [0.4, 0.5) is 5.69 Å². The number of anilines is 1. The van der Waals surface area contributed by atoms with Gasteiger partial charge >= 0.3 is 0 Å². The second-order valence-electron chi connectivity index (χ2n) is 5.20. The Morgan fingerprint density at radius 2 is 1.96 bits per heavy atom. The van der Waals surface area contributed by atoms with Crippen molar-refractivity contribution >= 4 is 43.2 Å². The normalized spacial score (nSPS) is 11.4. The number of rotatable bonds is 5. The van der Waals surface area contributed by atoms with Gasteiger partial charge in [-0.3, -0.25) is 4.72 Å². The van der Waals surface area contributed by atoms with E-state index in [9.17, 15) is 8.42 Å². The van der Waals surface area contributed by atoms with Crippen LogP contribution in [-0.4, -0.2) is 25.7 Å². The first-order chi connectivity index (χ1) is 12.3. The summed E-state index contributed by atoms with van der Waals surface area (Å²) >= 11 is 9.26. The standard InChI is InChI=1S/C16H13BrClN3O4S/c1-9-19-20-16(25-9)11-5-3-4-6-13(11)21-26(22,23)14-8-10(18)7-12(17)15(14)24-2/h3-8,21H,1-2H3. The second kappa shape index (κ2) is 7.26. The quantitative estimate of drug-likeness (QED) is 0.613. The lowest BCUT2D eigenvalue weighted by Gasteiger charge is -2.14. The van der Waals surface area contributed by atoms with E-state index in [0.29, 0.717) is 15.9 Å². The van der Waals surface area contributed by atoms with Crippen LogP contribution in [-0.2, 0) is 10.0 Å². The molecule has 2 aromatic carbocycles. The van der Waals surface area contributed by atoms with E-state index in [1.807, 2.05) is 0 Å². The number of sulfonamides is 1. The molecule has 0 saturated heterocycles. The van der Waals surface area contributed by atoms with Crippen LogP contribution in [0.5, 0.6) is 5.75 Å². The van der Waals surface area contributed by atoms with Crippen LogP contribution in [0.3, 0.4) is 0 Å². The van der Waals surface area contributed by atoms with Crippen molar-refractivity contribution < 1.29 is 17.6 Å². The van der Waals surface area contributed by atoms with E-state index in [1.54, 1.807) is 37.3 Å². The van der Waals surface area contributed by atoms with Crippen molar-refractivity contribution in [3.05, 3.63) is 51.8 Å². The Morgan fingerprint density at radius 3 is 2.62 bits per heavy atom. The summed E-state index contributed by atoms with van der Waals surface area (Å²) in [6.45, 7) is 1.65. The third-order valence-electron chi connectivity index (χ3n) is 3.40. The zero-order valence-electron chi connectivity index (χ0n) is 13.7. The largest absolute Gasteiger partial charge is 0.494 e. The molecule has 1 heterocycles. The molecular formula is C16H13BrClN3O4S. The highest BCUT2D eigenvalue weighted by Crippen LogP contribution is 2.37. The van der Waals surface area contributed by atoms with Crippen molar-refractivity contribution in [2.75, 3.05) is 11.8 Å². The number of hydrogen-bond acceptors (Lipinski definition) is 6. The molecule has 3 aromatic rings. The van der Waals surface area contributed by atoms with Crippen molar-refractivity contribution in [3.8, 4) is 17.2 Å². The van der Waals surface area contributed by atoms with Gasteiger partial charge in [-0.2, -0.15) is 0 Å². The van der Waals surface area contributed by atoms with E-state index >= 15 is 0 Å². The summed E-state index contributed by atoms with van der Waals surface area (Å²) in [4.78, 5) is -0.101. The summed E-state index contributed by atoms with van der Waals surface area (Å²) in [5, 5.41) is 7.96. The molecule has 0 radical (unpaired) electrons. The van der Waals surface area contributed by atoms with Crippen molar-refractivity contribution in [2.45, 2.75) is 11.8 Å². The summed E-state index contributed by atoms with van der Waals surface area (Å²) in [7, 11) is -2.63. The molecule has 1 N–H and O–H groups in total. The summed E-state index contributed by atoms with van der Waals surface area (Å²) in [5.41, 5.74) is 0.742. The molecule has 0 bridgehead atoms. The highest BCUT2D eigenvalue weighted by molar-refractivity contribution is 9.10. The second-order valence-corrected chi connectivity index (χ2v) is 8.14. The van der Waals surface area contributed by atoms with E-state index in [1.165, 1.54) is 13.2 Å². The summed E-state index contributed by atoms with van der Waals surface area (Å²) in [6, 6.07) is 9.56. The molecule has 0 aliphatic carbocycles. The smallest absolute Gasteiger partial charge is 0.265 e. The predicted molar refractivity (Wildman–Crippen MR) is 101 cm³/mol. The number of hydrogen-bond donors (Lipinski definition) is 1. The first kappa shape index (κ1) is 18.7. The van der Waals surface area contributed by atoms with Crippen molar-refractivity contribution in [2.24, 2.45) is 0 Å².